The summed E-state index contributed by atoms with van der Waals surface area (Å²) in [5.74, 6) is 0. The standard InChI is InChI=1S/C16H30N2O4/c1-6-21-13(19)17-11-16(5)9-12(8-15(3,4)10-16)18-14(20)22-7-2/h12H,6-11H2,1-5H3,(H,17,19)(H,18,20)/t12-,16-/m1/s1. The maximum atomic E-state index is 11.7. The molecule has 1 rings (SSSR count). The molecular formula is C16H30N2O4. The first kappa shape index (κ1) is 18.6. The van der Waals surface area contributed by atoms with Crippen LogP contribution in [0.15, 0.2) is 0 Å². The highest BCUT2D eigenvalue weighted by Gasteiger charge is 2.42. The van der Waals surface area contributed by atoms with Crippen LogP contribution in [0.2, 0.25) is 0 Å². The van der Waals surface area contributed by atoms with Crippen LogP contribution in [0.4, 0.5) is 9.59 Å². The third-order valence-corrected chi connectivity index (χ3v) is 3.98. The number of rotatable bonds is 5. The van der Waals surface area contributed by atoms with E-state index >= 15 is 0 Å². The molecule has 0 aliphatic heterocycles. The van der Waals surface area contributed by atoms with Crippen LogP contribution in [-0.2, 0) is 9.47 Å². The van der Waals surface area contributed by atoms with E-state index in [0.717, 1.165) is 19.3 Å². The molecule has 0 radical (unpaired) electrons. The summed E-state index contributed by atoms with van der Waals surface area (Å²) in [4.78, 5) is 23.2. The molecule has 22 heavy (non-hydrogen) atoms. The SMILES string of the molecule is CCOC(=O)NC[C@]1(C)C[C@H](NC(=O)OCC)CC(C)(C)C1. The van der Waals surface area contributed by atoms with Gasteiger partial charge < -0.3 is 20.1 Å². The Morgan fingerprint density at radius 1 is 1.05 bits per heavy atom. The van der Waals surface area contributed by atoms with Crippen molar-refractivity contribution in [3.8, 4) is 0 Å². The zero-order chi connectivity index (χ0) is 16.8. The van der Waals surface area contributed by atoms with Crippen molar-refractivity contribution >= 4 is 12.2 Å². The predicted octanol–water partition coefficient (Wildman–Crippen LogP) is 3.06. The second-order valence-corrected chi connectivity index (χ2v) is 7.20. The summed E-state index contributed by atoms with van der Waals surface area (Å²) in [6.45, 7) is 11.4. The second-order valence-electron chi connectivity index (χ2n) is 7.20. The summed E-state index contributed by atoms with van der Waals surface area (Å²) in [5.41, 5.74) is 0.00613. The Labute approximate surface area is 133 Å². The highest BCUT2D eigenvalue weighted by Crippen LogP contribution is 2.45. The Bertz CT molecular complexity index is 398. The van der Waals surface area contributed by atoms with E-state index in [9.17, 15) is 9.59 Å². The minimum atomic E-state index is -0.387. The van der Waals surface area contributed by atoms with Gasteiger partial charge in [0.25, 0.3) is 0 Å². The summed E-state index contributed by atoms with van der Waals surface area (Å²) in [6, 6.07) is 0.0526. The summed E-state index contributed by atoms with van der Waals surface area (Å²) in [7, 11) is 0. The topological polar surface area (TPSA) is 76.7 Å². The van der Waals surface area contributed by atoms with Gasteiger partial charge in [-0.2, -0.15) is 0 Å². The zero-order valence-corrected chi connectivity index (χ0v) is 14.5. The summed E-state index contributed by atoms with van der Waals surface area (Å²) < 4.78 is 9.88. The van der Waals surface area contributed by atoms with E-state index in [4.69, 9.17) is 9.47 Å². The Morgan fingerprint density at radius 2 is 1.64 bits per heavy atom. The van der Waals surface area contributed by atoms with Gasteiger partial charge in [0.15, 0.2) is 0 Å². The average Bonchev–Trinajstić information content (AvgIpc) is 2.34. The fraction of sp³-hybridized carbons (Fsp3) is 0.875. The number of carbonyl (C=O) groups excluding carboxylic acids is 2. The average molecular weight is 314 g/mol. The molecule has 2 atom stereocenters. The molecule has 1 saturated carbocycles. The van der Waals surface area contributed by atoms with Crippen LogP contribution in [0.25, 0.3) is 0 Å². The lowest BCUT2D eigenvalue weighted by Crippen LogP contribution is -2.50. The molecule has 0 aromatic carbocycles. The van der Waals surface area contributed by atoms with Crippen molar-refractivity contribution in [3.05, 3.63) is 0 Å². The number of alkyl carbamates (subject to hydrolysis) is 2. The van der Waals surface area contributed by atoms with Crippen LogP contribution in [0.1, 0.15) is 53.9 Å². The maximum absolute atomic E-state index is 11.7. The number of hydrogen-bond acceptors (Lipinski definition) is 4. The Morgan fingerprint density at radius 3 is 2.23 bits per heavy atom. The minimum Gasteiger partial charge on any atom is -0.450 e. The molecule has 0 saturated heterocycles. The lowest BCUT2D eigenvalue weighted by Gasteiger charge is -2.46. The van der Waals surface area contributed by atoms with Gasteiger partial charge in [0.2, 0.25) is 0 Å². The van der Waals surface area contributed by atoms with Crippen LogP contribution in [0.3, 0.4) is 0 Å². The molecular weight excluding hydrogens is 284 g/mol. The van der Waals surface area contributed by atoms with Crippen molar-refractivity contribution in [2.75, 3.05) is 19.8 Å². The van der Waals surface area contributed by atoms with Gasteiger partial charge in [0.05, 0.1) is 13.2 Å². The van der Waals surface area contributed by atoms with E-state index in [1.807, 2.05) is 0 Å². The minimum absolute atomic E-state index is 0.0526. The van der Waals surface area contributed by atoms with Crippen LogP contribution >= 0.6 is 0 Å². The van der Waals surface area contributed by atoms with Crippen molar-refractivity contribution < 1.29 is 19.1 Å². The van der Waals surface area contributed by atoms with Crippen molar-refractivity contribution in [1.29, 1.82) is 0 Å². The predicted molar refractivity (Wildman–Crippen MR) is 84.7 cm³/mol. The van der Waals surface area contributed by atoms with E-state index in [1.54, 1.807) is 13.8 Å². The molecule has 1 fully saturated rings. The van der Waals surface area contributed by atoms with Gasteiger partial charge in [-0.25, -0.2) is 9.59 Å². The molecule has 6 nitrogen and oxygen atoms in total. The van der Waals surface area contributed by atoms with Gasteiger partial charge in [-0.15, -0.1) is 0 Å². The maximum Gasteiger partial charge on any atom is 0.407 e. The number of carbonyl (C=O) groups is 2. The van der Waals surface area contributed by atoms with Crippen molar-refractivity contribution in [2.45, 2.75) is 59.9 Å². The van der Waals surface area contributed by atoms with Crippen LogP contribution in [-0.4, -0.2) is 38.0 Å². The lowest BCUT2D eigenvalue weighted by molar-refractivity contribution is 0.0633. The Balaban J connectivity index is 2.65. The molecule has 0 bridgehead atoms. The molecule has 0 aromatic rings. The monoisotopic (exact) mass is 314 g/mol. The van der Waals surface area contributed by atoms with Gasteiger partial charge in [-0.1, -0.05) is 20.8 Å². The molecule has 0 spiro atoms. The molecule has 128 valence electrons. The van der Waals surface area contributed by atoms with Gasteiger partial charge >= 0.3 is 12.2 Å². The van der Waals surface area contributed by atoms with E-state index < -0.39 is 0 Å². The molecule has 1 aliphatic carbocycles. The molecule has 0 aromatic heterocycles. The summed E-state index contributed by atoms with van der Waals surface area (Å²) in [6.07, 6.45) is 1.93. The largest absolute Gasteiger partial charge is 0.450 e. The van der Waals surface area contributed by atoms with Gasteiger partial charge in [0.1, 0.15) is 0 Å². The Kier molecular flexibility index (Phi) is 6.50. The van der Waals surface area contributed by atoms with Crippen LogP contribution in [0.5, 0.6) is 0 Å². The zero-order valence-electron chi connectivity index (χ0n) is 14.5. The first-order chi connectivity index (χ1) is 10.2. The first-order valence-corrected chi connectivity index (χ1v) is 8.03. The number of ether oxygens (including phenoxy) is 2. The number of amides is 2. The second kappa shape index (κ2) is 7.70. The third kappa shape index (κ3) is 6.12. The van der Waals surface area contributed by atoms with E-state index in [1.165, 1.54) is 0 Å². The summed E-state index contributed by atoms with van der Waals surface area (Å²) >= 11 is 0. The molecule has 2 N–H and O–H groups in total. The molecule has 0 unspecified atom stereocenters. The smallest absolute Gasteiger partial charge is 0.407 e. The normalized spacial score (nSPS) is 26.9. The first-order valence-electron chi connectivity index (χ1n) is 8.03. The van der Waals surface area contributed by atoms with Gasteiger partial charge in [0, 0.05) is 12.6 Å². The van der Waals surface area contributed by atoms with Gasteiger partial charge in [-0.3, -0.25) is 0 Å². The quantitative estimate of drug-likeness (QED) is 0.817. The molecule has 0 heterocycles. The highest BCUT2D eigenvalue weighted by atomic mass is 16.6. The van der Waals surface area contributed by atoms with Gasteiger partial charge in [-0.05, 0) is 43.9 Å². The fourth-order valence-electron chi connectivity index (χ4n) is 3.68. The van der Waals surface area contributed by atoms with Crippen LogP contribution in [0, 0.1) is 10.8 Å². The Hall–Kier alpha value is -1.46. The van der Waals surface area contributed by atoms with Crippen molar-refractivity contribution in [3.63, 3.8) is 0 Å². The third-order valence-electron chi connectivity index (χ3n) is 3.98. The van der Waals surface area contributed by atoms with E-state index in [2.05, 4.69) is 31.4 Å². The van der Waals surface area contributed by atoms with E-state index in [0.29, 0.717) is 19.8 Å². The van der Waals surface area contributed by atoms with Crippen molar-refractivity contribution in [2.24, 2.45) is 10.8 Å². The number of nitrogens with one attached hydrogen (secondary N) is 2. The molecule has 2 amide bonds. The molecule has 1 aliphatic rings. The van der Waals surface area contributed by atoms with Crippen LogP contribution < -0.4 is 10.6 Å². The fourth-order valence-corrected chi connectivity index (χ4v) is 3.68. The highest BCUT2D eigenvalue weighted by molar-refractivity contribution is 5.68. The van der Waals surface area contributed by atoms with Crippen molar-refractivity contribution in [1.82, 2.24) is 10.6 Å². The number of hydrogen-bond donors (Lipinski definition) is 2. The van der Waals surface area contributed by atoms with E-state index in [-0.39, 0.29) is 29.1 Å². The molecule has 6 heteroatoms. The lowest BCUT2D eigenvalue weighted by atomic mass is 9.62. The summed E-state index contributed by atoms with van der Waals surface area (Å²) in [5, 5.41) is 5.76.